The summed E-state index contributed by atoms with van der Waals surface area (Å²) in [5, 5.41) is 8.86. The fourth-order valence-corrected chi connectivity index (χ4v) is 2.76. The van der Waals surface area contributed by atoms with Gasteiger partial charge in [0.2, 0.25) is 0 Å². The SMILES string of the molecule is O=C(NCCc1ccccc1)c1cccc(Nc2nccs2)c1. The lowest BCUT2D eigenvalue weighted by atomic mass is 10.1. The van der Waals surface area contributed by atoms with Crippen LogP contribution in [0.3, 0.4) is 0 Å². The number of carbonyl (C=O) groups excluding carboxylic acids is 1. The van der Waals surface area contributed by atoms with Crippen LogP contribution >= 0.6 is 11.3 Å². The molecule has 0 bridgehead atoms. The third kappa shape index (κ3) is 4.40. The maximum absolute atomic E-state index is 12.2. The lowest BCUT2D eigenvalue weighted by Gasteiger charge is -2.08. The number of hydrogen-bond donors (Lipinski definition) is 2. The average Bonchev–Trinajstić information content (AvgIpc) is 3.09. The van der Waals surface area contributed by atoms with E-state index >= 15 is 0 Å². The van der Waals surface area contributed by atoms with Crippen molar-refractivity contribution in [1.82, 2.24) is 10.3 Å². The van der Waals surface area contributed by atoms with Crippen LogP contribution in [0.2, 0.25) is 0 Å². The summed E-state index contributed by atoms with van der Waals surface area (Å²) in [4.78, 5) is 16.4. The molecule has 2 N–H and O–H groups in total. The van der Waals surface area contributed by atoms with Crippen molar-refractivity contribution < 1.29 is 4.79 Å². The van der Waals surface area contributed by atoms with Crippen molar-refractivity contribution in [2.75, 3.05) is 11.9 Å². The minimum Gasteiger partial charge on any atom is -0.352 e. The first-order valence-corrected chi connectivity index (χ1v) is 8.28. The Morgan fingerprint density at radius 3 is 2.74 bits per heavy atom. The smallest absolute Gasteiger partial charge is 0.251 e. The highest BCUT2D eigenvalue weighted by molar-refractivity contribution is 7.13. The van der Waals surface area contributed by atoms with Gasteiger partial charge in [0.25, 0.3) is 5.91 Å². The number of rotatable bonds is 6. The normalized spacial score (nSPS) is 10.3. The van der Waals surface area contributed by atoms with E-state index in [0.29, 0.717) is 12.1 Å². The zero-order chi connectivity index (χ0) is 15.9. The van der Waals surface area contributed by atoms with E-state index in [1.807, 2.05) is 47.8 Å². The van der Waals surface area contributed by atoms with Gasteiger partial charge in [0.05, 0.1) is 0 Å². The first-order chi connectivity index (χ1) is 11.3. The van der Waals surface area contributed by atoms with Crippen LogP contribution in [0.5, 0.6) is 0 Å². The van der Waals surface area contributed by atoms with Crippen molar-refractivity contribution in [3.05, 3.63) is 77.3 Å². The van der Waals surface area contributed by atoms with E-state index in [-0.39, 0.29) is 5.91 Å². The van der Waals surface area contributed by atoms with Crippen molar-refractivity contribution in [3.8, 4) is 0 Å². The van der Waals surface area contributed by atoms with Gasteiger partial charge in [0, 0.05) is 29.4 Å². The van der Waals surface area contributed by atoms with Gasteiger partial charge in [-0.1, -0.05) is 36.4 Å². The zero-order valence-corrected chi connectivity index (χ0v) is 13.3. The van der Waals surface area contributed by atoms with Gasteiger partial charge in [-0.2, -0.15) is 0 Å². The van der Waals surface area contributed by atoms with E-state index in [2.05, 4.69) is 27.8 Å². The Morgan fingerprint density at radius 2 is 1.96 bits per heavy atom. The van der Waals surface area contributed by atoms with Crippen LogP contribution in [-0.4, -0.2) is 17.4 Å². The van der Waals surface area contributed by atoms with Crippen molar-refractivity contribution in [2.45, 2.75) is 6.42 Å². The standard InChI is InChI=1S/C18H17N3OS/c22-17(19-10-9-14-5-2-1-3-6-14)15-7-4-8-16(13-15)21-18-20-11-12-23-18/h1-8,11-13H,9-10H2,(H,19,22)(H,20,21). The van der Waals surface area contributed by atoms with Gasteiger partial charge in [-0.15, -0.1) is 11.3 Å². The van der Waals surface area contributed by atoms with Gasteiger partial charge in [0.15, 0.2) is 5.13 Å². The number of anilines is 2. The van der Waals surface area contributed by atoms with Gasteiger partial charge in [-0.3, -0.25) is 4.79 Å². The molecule has 3 aromatic rings. The third-order valence-electron chi connectivity index (χ3n) is 3.35. The number of benzene rings is 2. The lowest BCUT2D eigenvalue weighted by molar-refractivity contribution is 0.0954. The molecule has 116 valence electrons. The molecule has 0 aliphatic rings. The van der Waals surface area contributed by atoms with Crippen LogP contribution in [0.15, 0.2) is 66.2 Å². The van der Waals surface area contributed by atoms with Crippen molar-refractivity contribution in [2.24, 2.45) is 0 Å². The molecule has 23 heavy (non-hydrogen) atoms. The van der Waals surface area contributed by atoms with Gasteiger partial charge < -0.3 is 10.6 Å². The molecule has 0 atom stereocenters. The first-order valence-electron chi connectivity index (χ1n) is 7.40. The monoisotopic (exact) mass is 323 g/mol. The summed E-state index contributed by atoms with van der Waals surface area (Å²) in [5.74, 6) is -0.0660. The highest BCUT2D eigenvalue weighted by Crippen LogP contribution is 2.19. The molecule has 1 heterocycles. The molecule has 2 aromatic carbocycles. The Labute approximate surface area is 139 Å². The molecule has 0 saturated carbocycles. The molecule has 0 spiro atoms. The van der Waals surface area contributed by atoms with E-state index in [9.17, 15) is 4.79 Å². The second kappa shape index (κ2) is 7.56. The number of thiazole rings is 1. The fourth-order valence-electron chi connectivity index (χ4n) is 2.21. The molecular formula is C18H17N3OS. The van der Waals surface area contributed by atoms with E-state index < -0.39 is 0 Å². The minimum atomic E-state index is -0.0660. The van der Waals surface area contributed by atoms with Crippen LogP contribution < -0.4 is 10.6 Å². The molecule has 0 saturated heterocycles. The molecule has 1 aromatic heterocycles. The predicted octanol–water partition coefficient (Wildman–Crippen LogP) is 3.86. The predicted molar refractivity (Wildman–Crippen MR) is 94.3 cm³/mol. The first kappa shape index (κ1) is 15.2. The summed E-state index contributed by atoms with van der Waals surface area (Å²) in [6.45, 7) is 0.618. The highest BCUT2D eigenvalue weighted by Gasteiger charge is 2.06. The molecule has 0 fully saturated rings. The Morgan fingerprint density at radius 1 is 1.09 bits per heavy atom. The van der Waals surface area contributed by atoms with E-state index in [4.69, 9.17) is 0 Å². The molecule has 1 amide bonds. The summed E-state index contributed by atoms with van der Waals surface area (Å²) in [7, 11) is 0. The van der Waals surface area contributed by atoms with Crippen LogP contribution in [0.4, 0.5) is 10.8 Å². The summed E-state index contributed by atoms with van der Waals surface area (Å²) >= 11 is 1.52. The number of nitrogens with zero attached hydrogens (tertiary/aromatic N) is 1. The van der Waals surface area contributed by atoms with Crippen LogP contribution in [0.25, 0.3) is 0 Å². The third-order valence-corrected chi connectivity index (χ3v) is 4.04. The maximum Gasteiger partial charge on any atom is 0.251 e. The molecule has 5 heteroatoms. The van der Waals surface area contributed by atoms with Crippen LogP contribution in [0.1, 0.15) is 15.9 Å². The molecule has 0 aliphatic carbocycles. The van der Waals surface area contributed by atoms with Crippen molar-refractivity contribution >= 4 is 28.1 Å². The lowest BCUT2D eigenvalue weighted by Crippen LogP contribution is -2.25. The fraction of sp³-hybridized carbons (Fsp3) is 0.111. The second-order valence-electron chi connectivity index (χ2n) is 5.03. The van der Waals surface area contributed by atoms with Gasteiger partial charge in [0.1, 0.15) is 0 Å². The highest BCUT2D eigenvalue weighted by atomic mass is 32.1. The number of nitrogens with one attached hydrogen (secondary N) is 2. The van der Waals surface area contributed by atoms with Gasteiger partial charge in [-0.25, -0.2) is 4.98 Å². The Bertz CT molecular complexity index is 757. The summed E-state index contributed by atoms with van der Waals surface area (Å²) in [6.07, 6.45) is 2.57. The Hall–Kier alpha value is -2.66. The molecule has 4 nitrogen and oxygen atoms in total. The number of carbonyl (C=O) groups is 1. The number of amides is 1. The molecule has 3 rings (SSSR count). The number of hydrogen-bond acceptors (Lipinski definition) is 4. The van der Waals surface area contributed by atoms with Crippen LogP contribution in [0, 0.1) is 0 Å². The molecule has 0 aliphatic heterocycles. The number of aromatic nitrogens is 1. The van der Waals surface area contributed by atoms with E-state index in [0.717, 1.165) is 17.2 Å². The maximum atomic E-state index is 12.2. The average molecular weight is 323 g/mol. The molecule has 0 radical (unpaired) electrons. The molecular weight excluding hydrogens is 306 g/mol. The van der Waals surface area contributed by atoms with Crippen LogP contribution in [-0.2, 0) is 6.42 Å². The largest absolute Gasteiger partial charge is 0.352 e. The zero-order valence-electron chi connectivity index (χ0n) is 12.5. The summed E-state index contributed by atoms with van der Waals surface area (Å²) in [5.41, 5.74) is 2.71. The van der Waals surface area contributed by atoms with E-state index in [1.54, 1.807) is 6.20 Å². The summed E-state index contributed by atoms with van der Waals surface area (Å²) in [6, 6.07) is 17.5. The topological polar surface area (TPSA) is 54.0 Å². The summed E-state index contributed by atoms with van der Waals surface area (Å²) < 4.78 is 0. The van der Waals surface area contributed by atoms with Gasteiger partial charge in [-0.05, 0) is 30.2 Å². The Balaban J connectivity index is 1.56. The van der Waals surface area contributed by atoms with Crippen molar-refractivity contribution in [3.63, 3.8) is 0 Å². The van der Waals surface area contributed by atoms with Gasteiger partial charge >= 0.3 is 0 Å². The molecule has 0 unspecified atom stereocenters. The second-order valence-corrected chi connectivity index (χ2v) is 5.93. The minimum absolute atomic E-state index is 0.0660. The van der Waals surface area contributed by atoms with E-state index in [1.165, 1.54) is 16.9 Å². The quantitative estimate of drug-likeness (QED) is 0.724. The Kier molecular flexibility index (Phi) is 5.01. The van der Waals surface area contributed by atoms with Crippen molar-refractivity contribution in [1.29, 1.82) is 0 Å².